The van der Waals surface area contributed by atoms with Gasteiger partial charge in [-0.3, -0.25) is 4.90 Å². The molecule has 2 aliphatic rings. The SMILES string of the molecule is CCCC(C)NCC(C)N1CCOC2CCCC21. The monoisotopic (exact) mass is 254 g/mol. The lowest BCUT2D eigenvalue weighted by atomic mass is 10.1. The zero-order chi connectivity index (χ0) is 13.0. The fourth-order valence-corrected chi connectivity index (χ4v) is 3.53. The molecule has 1 aliphatic heterocycles. The second-order valence-corrected chi connectivity index (χ2v) is 6.09. The Labute approximate surface area is 112 Å². The van der Waals surface area contributed by atoms with Crippen LogP contribution in [-0.2, 0) is 4.74 Å². The van der Waals surface area contributed by atoms with E-state index in [1.54, 1.807) is 0 Å². The topological polar surface area (TPSA) is 24.5 Å². The molecular weight excluding hydrogens is 224 g/mol. The highest BCUT2D eigenvalue weighted by atomic mass is 16.5. The number of hydrogen-bond acceptors (Lipinski definition) is 3. The van der Waals surface area contributed by atoms with Crippen LogP contribution in [0.1, 0.15) is 52.9 Å². The van der Waals surface area contributed by atoms with Crippen LogP contribution in [0.3, 0.4) is 0 Å². The number of nitrogens with one attached hydrogen (secondary N) is 1. The first-order chi connectivity index (χ1) is 8.72. The molecule has 0 amide bonds. The van der Waals surface area contributed by atoms with Gasteiger partial charge >= 0.3 is 0 Å². The third-order valence-electron chi connectivity index (χ3n) is 4.57. The van der Waals surface area contributed by atoms with Crippen molar-refractivity contribution in [2.24, 2.45) is 0 Å². The molecule has 106 valence electrons. The minimum atomic E-state index is 0.522. The molecule has 4 atom stereocenters. The zero-order valence-corrected chi connectivity index (χ0v) is 12.3. The number of rotatable bonds is 6. The van der Waals surface area contributed by atoms with Gasteiger partial charge in [-0.15, -0.1) is 0 Å². The maximum Gasteiger partial charge on any atom is 0.0731 e. The second-order valence-electron chi connectivity index (χ2n) is 6.09. The number of nitrogens with zero attached hydrogens (tertiary/aromatic N) is 1. The summed E-state index contributed by atoms with van der Waals surface area (Å²) in [5.74, 6) is 0. The Morgan fingerprint density at radius 1 is 1.33 bits per heavy atom. The predicted molar refractivity (Wildman–Crippen MR) is 75.9 cm³/mol. The van der Waals surface area contributed by atoms with Crippen LogP contribution in [0, 0.1) is 0 Å². The molecule has 3 heteroatoms. The van der Waals surface area contributed by atoms with Gasteiger partial charge in [0.25, 0.3) is 0 Å². The predicted octanol–water partition coefficient (Wildman–Crippen LogP) is 2.41. The lowest BCUT2D eigenvalue weighted by Crippen LogP contribution is -2.55. The summed E-state index contributed by atoms with van der Waals surface area (Å²) in [6.45, 7) is 10.1. The third-order valence-corrected chi connectivity index (χ3v) is 4.57. The average Bonchev–Trinajstić information content (AvgIpc) is 2.84. The molecule has 0 aromatic carbocycles. The van der Waals surface area contributed by atoms with E-state index in [1.165, 1.54) is 32.1 Å². The smallest absolute Gasteiger partial charge is 0.0731 e. The molecule has 18 heavy (non-hydrogen) atoms. The van der Waals surface area contributed by atoms with Crippen molar-refractivity contribution in [1.82, 2.24) is 10.2 Å². The van der Waals surface area contributed by atoms with Crippen LogP contribution in [0.4, 0.5) is 0 Å². The Morgan fingerprint density at radius 2 is 2.17 bits per heavy atom. The summed E-state index contributed by atoms with van der Waals surface area (Å²) >= 11 is 0. The molecule has 0 aromatic rings. The summed E-state index contributed by atoms with van der Waals surface area (Å²) in [6.07, 6.45) is 7.02. The molecule has 4 unspecified atom stereocenters. The largest absolute Gasteiger partial charge is 0.375 e. The van der Waals surface area contributed by atoms with Crippen LogP contribution in [0.2, 0.25) is 0 Å². The Hall–Kier alpha value is -0.120. The van der Waals surface area contributed by atoms with Crippen LogP contribution >= 0.6 is 0 Å². The number of hydrogen-bond donors (Lipinski definition) is 1. The molecule has 2 fully saturated rings. The minimum Gasteiger partial charge on any atom is -0.375 e. The van der Waals surface area contributed by atoms with Crippen molar-refractivity contribution < 1.29 is 4.74 Å². The van der Waals surface area contributed by atoms with Crippen molar-refractivity contribution in [1.29, 1.82) is 0 Å². The van der Waals surface area contributed by atoms with E-state index in [2.05, 4.69) is 31.0 Å². The fraction of sp³-hybridized carbons (Fsp3) is 1.00. The van der Waals surface area contributed by atoms with E-state index < -0.39 is 0 Å². The second kappa shape index (κ2) is 6.88. The van der Waals surface area contributed by atoms with Gasteiger partial charge in [-0.25, -0.2) is 0 Å². The summed E-state index contributed by atoms with van der Waals surface area (Å²) in [4.78, 5) is 2.69. The van der Waals surface area contributed by atoms with Gasteiger partial charge in [0, 0.05) is 31.2 Å². The quantitative estimate of drug-likeness (QED) is 0.788. The first kappa shape index (κ1) is 14.3. The van der Waals surface area contributed by atoms with Gasteiger partial charge in [0.2, 0.25) is 0 Å². The van der Waals surface area contributed by atoms with Gasteiger partial charge in [0.05, 0.1) is 12.7 Å². The van der Waals surface area contributed by atoms with Crippen LogP contribution in [0.15, 0.2) is 0 Å². The number of morpholine rings is 1. The fourth-order valence-electron chi connectivity index (χ4n) is 3.53. The van der Waals surface area contributed by atoms with Crippen molar-refractivity contribution in [2.75, 3.05) is 19.7 Å². The van der Waals surface area contributed by atoms with Gasteiger partial charge < -0.3 is 10.1 Å². The normalized spacial score (nSPS) is 32.2. The Kier molecular flexibility index (Phi) is 5.46. The first-order valence-electron chi connectivity index (χ1n) is 7.83. The van der Waals surface area contributed by atoms with Crippen LogP contribution in [-0.4, -0.2) is 48.8 Å². The van der Waals surface area contributed by atoms with Crippen LogP contribution in [0.25, 0.3) is 0 Å². The number of ether oxygens (including phenoxy) is 1. The van der Waals surface area contributed by atoms with E-state index in [0.717, 1.165) is 19.7 Å². The van der Waals surface area contributed by atoms with Gasteiger partial charge in [-0.1, -0.05) is 13.3 Å². The molecule has 1 N–H and O–H groups in total. The van der Waals surface area contributed by atoms with Crippen molar-refractivity contribution in [2.45, 2.75) is 77.1 Å². The molecule has 0 spiro atoms. The van der Waals surface area contributed by atoms with Crippen LogP contribution in [0.5, 0.6) is 0 Å². The first-order valence-corrected chi connectivity index (χ1v) is 7.83. The molecule has 1 aliphatic carbocycles. The standard InChI is InChI=1S/C15H30N2O/c1-4-6-12(2)16-11-13(3)17-9-10-18-15-8-5-7-14(15)17/h12-16H,4-11H2,1-3H3. The van der Waals surface area contributed by atoms with Gasteiger partial charge in [0.1, 0.15) is 0 Å². The molecular formula is C15H30N2O. The Bertz CT molecular complexity index is 247. The van der Waals surface area contributed by atoms with Gasteiger partial charge in [-0.2, -0.15) is 0 Å². The van der Waals surface area contributed by atoms with Gasteiger partial charge in [-0.05, 0) is 39.5 Å². The van der Waals surface area contributed by atoms with E-state index in [1.807, 2.05) is 0 Å². The highest BCUT2D eigenvalue weighted by Gasteiger charge is 2.37. The van der Waals surface area contributed by atoms with Crippen molar-refractivity contribution in [3.05, 3.63) is 0 Å². The van der Waals surface area contributed by atoms with Gasteiger partial charge in [0.15, 0.2) is 0 Å². The summed E-state index contributed by atoms with van der Waals surface area (Å²) in [7, 11) is 0. The molecule has 0 bridgehead atoms. The van der Waals surface area contributed by atoms with Crippen molar-refractivity contribution in [3.8, 4) is 0 Å². The molecule has 1 heterocycles. The van der Waals surface area contributed by atoms with E-state index in [9.17, 15) is 0 Å². The van der Waals surface area contributed by atoms with E-state index in [0.29, 0.717) is 24.2 Å². The molecule has 1 saturated heterocycles. The summed E-state index contributed by atoms with van der Waals surface area (Å²) in [5, 5.41) is 3.68. The summed E-state index contributed by atoms with van der Waals surface area (Å²) < 4.78 is 5.88. The lowest BCUT2D eigenvalue weighted by Gasteiger charge is -2.41. The zero-order valence-electron chi connectivity index (χ0n) is 12.3. The molecule has 3 nitrogen and oxygen atoms in total. The lowest BCUT2D eigenvalue weighted by molar-refractivity contribution is -0.0689. The van der Waals surface area contributed by atoms with Crippen molar-refractivity contribution >= 4 is 0 Å². The van der Waals surface area contributed by atoms with E-state index in [4.69, 9.17) is 4.74 Å². The molecule has 2 rings (SSSR count). The molecule has 1 saturated carbocycles. The Morgan fingerprint density at radius 3 is 2.94 bits per heavy atom. The highest BCUT2D eigenvalue weighted by molar-refractivity contribution is 4.91. The van der Waals surface area contributed by atoms with E-state index >= 15 is 0 Å². The average molecular weight is 254 g/mol. The van der Waals surface area contributed by atoms with Crippen molar-refractivity contribution in [3.63, 3.8) is 0 Å². The maximum absolute atomic E-state index is 5.88. The van der Waals surface area contributed by atoms with Crippen LogP contribution < -0.4 is 5.32 Å². The third kappa shape index (κ3) is 3.46. The maximum atomic E-state index is 5.88. The summed E-state index contributed by atoms with van der Waals surface area (Å²) in [6, 6.07) is 1.98. The Balaban J connectivity index is 1.78. The molecule has 0 aromatic heterocycles. The number of fused-ring (bicyclic) bond motifs is 1. The minimum absolute atomic E-state index is 0.522. The molecule has 0 radical (unpaired) electrons. The highest BCUT2D eigenvalue weighted by Crippen LogP contribution is 2.30. The van der Waals surface area contributed by atoms with E-state index in [-0.39, 0.29) is 0 Å². The summed E-state index contributed by atoms with van der Waals surface area (Å²) in [5.41, 5.74) is 0.